The maximum absolute atomic E-state index is 6.76. The molecule has 9 aromatic carbocycles. The molecule has 0 saturated heterocycles. The fourth-order valence-corrected chi connectivity index (χ4v) is 9.44. The van der Waals surface area contributed by atoms with Gasteiger partial charge in [0.05, 0.1) is 11.1 Å². The fraction of sp³-hybridized carbons (Fsp3) is 0. The molecule has 0 aliphatic heterocycles. The van der Waals surface area contributed by atoms with Gasteiger partial charge in [-0.05, 0) is 99.4 Å². The third kappa shape index (κ3) is 5.32. The van der Waals surface area contributed by atoms with Gasteiger partial charge >= 0.3 is 0 Å². The smallest absolute Gasteiger partial charge is 0.143 e. The normalized spacial score (nSPS) is 11.6. The molecule has 0 radical (unpaired) electrons. The van der Waals surface area contributed by atoms with Crippen molar-refractivity contribution in [1.29, 1.82) is 0 Å². The summed E-state index contributed by atoms with van der Waals surface area (Å²) < 4.78 is 9.36. The number of thiophene rings is 1. The number of benzene rings is 9. The fourth-order valence-electron chi connectivity index (χ4n) is 8.31. The van der Waals surface area contributed by atoms with Crippen LogP contribution in [0.25, 0.3) is 86.3 Å². The third-order valence-electron chi connectivity index (χ3n) is 10.8. The van der Waals surface area contributed by atoms with Gasteiger partial charge in [0.1, 0.15) is 11.2 Å². The molecule has 2 nitrogen and oxygen atoms in total. The highest BCUT2D eigenvalue weighted by atomic mass is 32.1. The molecule has 0 saturated carbocycles. The van der Waals surface area contributed by atoms with Gasteiger partial charge in [-0.3, -0.25) is 0 Å². The summed E-state index contributed by atoms with van der Waals surface area (Å²) in [6.45, 7) is 0. The zero-order valence-corrected chi connectivity index (χ0v) is 30.6. The average Bonchev–Trinajstić information content (AvgIpc) is 3.84. The van der Waals surface area contributed by atoms with E-state index in [9.17, 15) is 0 Å². The molecule has 0 atom stereocenters. The van der Waals surface area contributed by atoms with E-state index in [2.05, 4.69) is 205 Å². The third-order valence-corrected chi connectivity index (χ3v) is 12.0. The number of fused-ring (bicyclic) bond motifs is 8. The second kappa shape index (κ2) is 12.9. The van der Waals surface area contributed by atoms with Crippen LogP contribution in [-0.4, -0.2) is 0 Å². The van der Waals surface area contributed by atoms with E-state index >= 15 is 0 Å². The molecule has 258 valence electrons. The first kappa shape index (κ1) is 31.6. The Morgan fingerprint density at radius 3 is 1.82 bits per heavy atom. The molecular formula is C52H33NOS. The van der Waals surface area contributed by atoms with Crippen LogP contribution in [0.1, 0.15) is 0 Å². The van der Waals surface area contributed by atoms with E-state index < -0.39 is 0 Å². The van der Waals surface area contributed by atoms with Crippen LogP contribution in [0, 0.1) is 0 Å². The van der Waals surface area contributed by atoms with Crippen molar-refractivity contribution in [2.24, 2.45) is 0 Å². The van der Waals surface area contributed by atoms with Crippen LogP contribution in [0.3, 0.4) is 0 Å². The Bertz CT molecular complexity index is 3150. The van der Waals surface area contributed by atoms with Crippen molar-refractivity contribution in [2.75, 3.05) is 4.90 Å². The van der Waals surface area contributed by atoms with E-state index in [1.54, 1.807) is 0 Å². The summed E-state index contributed by atoms with van der Waals surface area (Å²) in [6, 6.07) is 72.2. The highest BCUT2D eigenvalue weighted by Gasteiger charge is 2.22. The maximum atomic E-state index is 6.76. The van der Waals surface area contributed by atoms with Gasteiger partial charge in [-0.2, -0.15) is 0 Å². The predicted octanol–water partition coefficient (Wildman–Crippen LogP) is 15.6. The Labute approximate surface area is 322 Å². The summed E-state index contributed by atoms with van der Waals surface area (Å²) in [7, 11) is 0. The first-order valence-electron chi connectivity index (χ1n) is 18.7. The molecule has 11 rings (SSSR count). The maximum Gasteiger partial charge on any atom is 0.143 e. The lowest BCUT2D eigenvalue weighted by Crippen LogP contribution is -2.11. The quantitative estimate of drug-likeness (QED) is 0.170. The van der Waals surface area contributed by atoms with Gasteiger partial charge < -0.3 is 9.32 Å². The first-order valence-corrected chi connectivity index (χ1v) is 19.5. The van der Waals surface area contributed by atoms with Crippen LogP contribution in [0.4, 0.5) is 17.1 Å². The Morgan fingerprint density at radius 2 is 1.02 bits per heavy atom. The van der Waals surface area contributed by atoms with Crippen molar-refractivity contribution in [3.8, 4) is 33.4 Å². The summed E-state index contributed by atoms with van der Waals surface area (Å²) >= 11 is 1.86. The van der Waals surface area contributed by atoms with Gasteiger partial charge in [0.2, 0.25) is 0 Å². The minimum atomic E-state index is 0.863. The summed E-state index contributed by atoms with van der Waals surface area (Å²) in [5.74, 6) is 0. The Kier molecular flexibility index (Phi) is 7.39. The second-order valence-corrected chi connectivity index (χ2v) is 15.2. The van der Waals surface area contributed by atoms with Crippen LogP contribution in [0.5, 0.6) is 0 Å². The van der Waals surface area contributed by atoms with E-state index in [0.29, 0.717) is 0 Å². The molecule has 0 bridgehead atoms. The molecule has 0 N–H and O–H groups in total. The summed E-state index contributed by atoms with van der Waals surface area (Å²) in [4.78, 5) is 2.43. The van der Waals surface area contributed by atoms with Crippen LogP contribution in [0.15, 0.2) is 205 Å². The monoisotopic (exact) mass is 719 g/mol. The molecule has 11 aromatic rings. The van der Waals surface area contributed by atoms with E-state index in [1.165, 1.54) is 47.8 Å². The molecule has 2 heterocycles. The molecule has 2 aromatic heterocycles. The number of nitrogens with zero attached hydrogens (tertiary/aromatic N) is 1. The highest BCUT2D eigenvalue weighted by Crippen LogP contribution is 2.47. The summed E-state index contributed by atoms with van der Waals surface area (Å²) in [6.07, 6.45) is 0. The lowest BCUT2D eigenvalue weighted by molar-refractivity contribution is 0.672. The SMILES string of the molecule is c1ccc(-c2cc(-c3ccccc3)cc(N(c3cccc(-c4cccc5sc6ccccc6c45)c3)c3cccc4oc5c6ccccc6ccc5c34)c2)cc1. The van der Waals surface area contributed by atoms with Crippen molar-refractivity contribution in [1.82, 2.24) is 0 Å². The van der Waals surface area contributed by atoms with E-state index in [1.807, 2.05) is 11.3 Å². The van der Waals surface area contributed by atoms with E-state index in [-0.39, 0.29) is 0 Å². The number of hydrogen-bond acceptors (Lipinski definition) is 3. The molecule has 0 unspecified atom stereocenters. The molecule has 0 fully saturated rings. The van der Waals surface area contributed by atoms with Crippen molar-refractivity contribution in [2.45, 2.75) is 0 Å². The minimum absolute atomic E-state index is 0.863. The van der Waals surface area contributed by atoms with Crippen LogP contribution < -0.4 is 4.90 Å². The van der Waals surface area contributed by atoms with Gasteiger partial charge in [0.25, 0.3) is 0 Å². The van der Waals surface area contributed by atoms with Gasteiger partial charge in [0, 0.05) is 42.3 Å². The topological polar surface area (TPSA) is 16.4 Å². The van der Waals surface area contributed by atoms with Crippen LogP contribution >= 0.6 is 11.3 Å². The second-order valence-electron chi connectivity index (χ2n) is 14.1. The predicted molar refractivity (Wildman–Crippen MR) is 235 cm³/mol. The molecule has 3 heteroatoms. The number of rotatable bonds is 6. The molecule has 0 aliphatic rings. The summed E-state index contributed by atoms with van der Waals surface area (Å²) in [5, 5.41) is 7.07. The highest BCUT2D eigenvalue weighted by molar-refractivity contribution is 7.25. The standard InChI is InChI=1S/C52H33NOS/c1-3-14-34(15-4-1)38-30-39(35-16-5-2-6-17-35)33-41(32-38)53(46-24-13-25-47-51(46)45-29-28-36-18-7-8-21-43(36)52(45)54-47)40-20-11-19-37(31-40)42-23-12-27-49-50(42)44-22-9-10-26-48(44)55-49/h1-33H. The molecule has 55 heavy (non-hydrogen) atoms. The average molecular weight is 720 g/mol. The lowest BCUT2D eigenvalue weighted by atomic mass is 9.96. The van der Waals surface area contributed by atoms with Gasteiger partial charge in [0.15, 0.2) is 0 Å². The molecule has 0 amide bonds. The Hall–Kier alpha value is -6.94. The Morgan fingerprint density at radius 1 is 0.382 bits per heavy atom. The van der Waals surface area contributed by atoms with Crippen molar-refractivity contribution < 1.29 is 4.42 Å². The number of hydrogen-bond donors (Lipinski definition) is 0. The van der Waals surface area contributed by atoms with Gasteiger partial charge in [-0.1, -0.05) is 140 Å². The Balaban J connectivity index is 1.21. The molecule has 0 spiro atoms. The van der Waals surface area contributed by atoms with Gasteiger partial charge in [-0.25, -0.2) is 0 Å². The zero-order chi connectivity index (χ0) is 36.3. The van der Waals surface area contributed by atoms with Crippen LogP contribution in [-0.2, 0) is 0 Å². The largest absolute Gasteiger partial charge is 0.455 e. The first-order chi connectivity index (χ1) is 27.3. The number of furan rings is 1. The zero-order valence-electron chi connectivity index (χ0n) is 29.8. The van der Waals surface area contributed by atoms with E-state index in [4.69, 9.17) is 4.42 Å². The van der Waals surface area contributed by atoms with Crippen molar-refractivity contribution in [3.63, 3.8) is 0 Å². The summed E-state index contributed by atoms with van der Waals surface area (Å²) in [5.41, 5.74) is 12.0. The minimum Gasteiger partial charge on any atom is -0.455 e. The molecule has 0 aliphatic carbocycles. The number of anilines is 3. The van der Waals surface area contributed by atoms with Gasteiger partial charge in [-0.15, -0.1) is 11.3 Å². The van der Waals surface area contributed by atoms with Crippen LogP contribution in [0.2, 0.25) is 0 Å². The van der Waals surface area contributed by atoms with Crippen molar-refractivity contribution in [3.05, 3.63) is 200 Å². The van der Waals surface area contributed by atoms with Crippen molar-refractivity contribution >= 4 is 81.3 Å². The lowest BCUT2D eigenvalue weighted by Gasteiger charge is -2.28. The van der Waals surface area contributed by atoms with E-state index in [0.717, 1.165) is 55.5 Å². The molecular weight excluding hydrogens is 687 g/mol.